The fourth-order valence-corrected chi connectivity index (χ4v) is 5.80. The molecule has 1 radical (unpaired) electrons. The van der Waals surface area contributed by atoms with Crippen molar-refractivity contribution in [1.82, 2.24) is 0 Å². The minimum absolute atomic E-state index is 0.237. The molecular formula is C24H26As. The Morgan fingerprint density at radius 1 is 0.680 bits per heavy atom. The van der Waals surface area contributed by atoms with Crippen molar-refractivity contribution in [3.05, 3.63) is 102 Å². The van der Waals surface area contributed by atoms with E-state index < -0.39 is 0 Å². The summed E-state index contributed by atoms with van der Waals surface area (Å²) in [5.74, 6) is 0.333. The van der Waals surface area contributed by atoms with Gasteiger partial charge in [0.2, 0.25) is 0 Å². The fourth-order valence-electron chi connectivity index (χ4n) is 3.28. The van der Waals surface area contributed by atoms with Gasteiger partial charge in [-0.25, -0.2) is 0 Å². The Morgan fingerprint density at radius 3 is 1.84 bits per heavy atom. The first kappa shape index (κ1) is 18.0. The molecule has 0 heterocycles. The molecular weight excluding hydrogens is 363 g/mol. The zero-order chi connectivity index (χ0) is 17.3. The van der Waals surface area contributed by atoms with Crippen LogP contribution in [0.2, 0.25) is 5.21 Å². The van der Waals surface area contributed by atoms with Gasteiger partial charge in [-0.2, -0.15) is 0 Å². The van der Waals surface area contributed by atoms with Crippen LogP contribution >= 0.6 is 0 Å². The second kappa shape index (κ2) is 9.64. The minimum atomic E-state index is 0.237. The van der Waals surface area contributed by atoms with E-state index in [0.717, 1.165) is 0 Å². The number of hydrogen-bond donors (Lipinski definition) is 0. The molecule has 0 fully saturated rings. The van der Waals surface area contributed by atoms with E-state index in [9.17, 15) is 0 Å². The van der Waals surface area contributed by atoms with Crippen LogP contribution in [0.3, 0.4) is 0 Å². The molecule has 0 aliphatic rings. The molecule has 0 N–H and O–H groups in total. The van der Waals surface area contributed by atoms with Crippen LogP contribution in [0, 0.1) is 0 Å². The van der Waals surface area contributed by atoms with Crippen LogP contribution in [0.4, 0.5) is 0 Å². The molecule has 0 saturated heterocycles. The molecule has 0 saturated carbocycles. The van der Waals surface area contributed by atoms with Crippen LogP contribution in [0.1, 0.15) is 48.8 Å². The molecule has 3 aromatic rings. The monoisotopic (exact) mass is 389 g/mol. The predicted molar refractivity (Wildman–Crippen MR) is 110 cm³/mol. The van der Waals surface area contributed by atoms with Gasteiger partial charge in [0, 0.05) is 0 Å². The van der Waals surface area contributed by atoms with E-state index in [2.05, 4.69) is 91.9 Å². The summed E-state index contributed by atoms with van der Waals surface area (Å²) in [5.41, 5.74) is 4.27. The molecule has 0 aromatic heterocycles. The zero-order valence-electron chi connectivity index (χ0n) is 14.9. The van der Waals surface area contributed by atoms with Gasteiger partial charge in [0.1, 0.15) is 0 Å². The Hall–Kier alpha value is -1.78. The number of unbranched alkanes of at least 4 members (excludes halogenated alkanes) is 2. The van der Waals surface area contributed by atoms with Crippen LogP contribution in [-0.2, 0) is 0 Å². The molecule has 127 valence electrons. The van der Waals surface area contributed by atoms with Crippen LogP contribution in [0.25, 0.3) is 0 Å². The third-order valence-corrected chi connectivity index (χ3v) is 7.26. The molecule has 0 atom stereocenters. The predicted octanol–water partition coefficient (Wildman–Crippen LogP) is 5.80. The van der Waals surface area contributed by atoms with Crippen molar-refractivity contribution in [2.45, 2.75) is 37.3 Å². The van der Waals surface area contributed by atoms with E-state index >= 15 is 0 Å². The first-order chi connectivity index (χ1) is 12.4. The van der Waals surface area contributed by atoms with Crippen LogP contribution in [0.5, 0.6) is 0 Å². The summed E-state index contributed by atoms with van der Waals surface area (Å²) >= 11 is 0.237. The Bertz CT molecular complexity index is 710. The molecule has 0 amide bonds. The second-order valence-electron chi connectivity index (χ2n) is 6.40. The number of rotatable bonds is 8. The standard InChI is InChI=1S/C24H26As/c1-2-3-12-19-25-23-18-11-10-17-22(23)24(20-13-6-4-7-14-20)21-15-8-5-9-16-21/h4-11,13-18,24H,2-3,12,19H2,1H3. The first-order valence-corrected chi connectivity index (χ1v) is 11.5. The van der Waals surface area contributed by atoms with Crippen molar-refractivity contribution in [2.24, 2.45) is 0 Å². The molecule has 25 heavy (non-hydrogen) atoms. The van der Waals surface area contributed by atoms with Gasteiger partial charge < -0.3 is 0 Å². The molecule has 3 rings (SSSR count). The topological polar surface area (TPSA) is 0 Å². The maximum absolute atomic E-state index is 2.36. The SMILES string of the molecule is CCCCC[As]c1ccccc1C(c1ccccc1)c1ccccc1. The van der Waals surface area contributed by atoms with Crippen molar-refractivity contribution < 1.29 is 0 Å². The van der Waals surface area contributed by atoms with Crippen LogP contribution in [0.15, 0.2) is 84.9 Å². The summed E-state index contributed by atoms with van der Waals surface area (Å²) in [6.07, 6.45) is 4.03. The molecule has 0 spiro atoms. The number of hydrogen-bond acceptors (Lipinski definition) is 0. The Labute approximate surface area is 159 Å². The first-order valence-electron chi connectivity index (χ1n) is 9.26. The molecule has 0 unspecified atom stereocenters. The zero-order valence-corrected chi connectivity index (χ0v) is 16.8. The summed E-state index contributed by atoms with van der Waals surface area (Å²) in [4.78, 5) is 0. The Morgan fingerprint density at radius 2 is 1.24 bits per heavy atom. The van der Waals surface area contributed by atoms with E-state index in [1.165, 1.54) is 41.2 Å². The van der Waals surface area contributed by atoms with Gasteiger partial charge in [-0.3, -0.25) is 0 Å². The van der Waals surface area contributed by atoms with Gasteiger partial charge in [0.05, 0.1) is 0 Å². The van der Waals surface area contributed by atoms with Gasteiger partial charge in [0.25, 0.3) is 0 Å². The van der Waals surface area contributed by atoms with Gasteiger partial charge in [-0.1, -0.05) is 0 Å². The molecule has 0 aliphatic heterocycles. The van der Waals surface area contributed by atoms with Gasteiger partial charge >= 0.3 is 159 Å². The maximum atomic E-state index is 2.36. The third kappa shape index (κ3) is 4.86. The Balaban J connectivity index is 1.97. The molecule has 3 aromatic carbocycles. The molecule has 0 aliphatic carbocycles. The summed E-state index contributed by atoms with van der Waals surface area (Å²) in [7, 11) is 0. The van der Waals surface area contributed by atoms with Gasteiger partial charge in [-0.15, -0.1) is 0 Å². The van der Waals surface area contributed by atoms with Crippen molar-refractivity contribution in [3.63, 3.8) is 0 Å². The van der Waals surface area contributed by atoms with Crippen LogP contribution < -0.4 is 4.35 Å². The number of benzene rings is 3. The molecule has 1 heteroatoms. The van der Waals surface area contributed by atoms with Crippen molar-refractivity contribution in [1.29, 1.82) is 0 Å². The van der Waals surface area contributed by atoms with Gasteiger partial charge in [-0.05, 0) is 0 Å². The van der Waals surface area contributed by atoms with Crippen molar-refractivity contribution in [3.8, 4) is 0 Å². The summed E-state index contributed by atoms with van der Waals surface area (Å²) in [6.45, 7) is 2.28. The Kier molecular flexibility index (Phi) is 6.95. The summed E-state index contributed by atoms with van der Waals surface area (Å²) in [6, 6.07) is 31.0. The van der Waals surface area contributed by atoms with Crippen LogP contribution in [-0.4, -0.2) is 15.8 Å². The van der Waals surface area contributed by atoms with E-state index in [-0.39, 0.29) is 15.8 Å². The van der Waals surface area contributed by atoms with E-state index in [0.29, 0.717) is 5.92 Å². The van der Waals surface area contributed by atoms with Gasteiger partial charge in [0.15, 0.2) is 0 Å². The average molecular weight is 389 g/mol. The summed E-state index contributed by atoms with van der Waals surface area (Å²) in [5, 5.41) is 1.37. The quantitative estimate of drug-likeness (QED) is 0.259. The fraction of sp³-hybridized carbons (Fsp3) is 0.250. The van der Waals surface area contributed by atoms with E-state index in [4.69, 9.17) is 0 Å². The molecule has 0 bridgehead atoms. The normalized spacial score (nSPS) is 11.4. The van der Waals surface area contributed by atoms with Crippen molar-refractivity contribution >= 4 is 20.1 Å². The molecule has 0 nitrogen and oxygen atoms in total. The van der Waals surface area contributed by atoms with E-state index in [1.54, 1.807) is 4.35 Å². The van der Waals surface area contributed by atoms with E-state index in [1.807, 2.05) is 0 Å². The third-order valence-electron chi connectivity index (χ3n) is 4.56. The second-order valence-corrected chi connectivity index (χ2v) is 9.01. The summed E-state index contributed by atoms with van der Waals surface area (Å²) < 4.78 is 1.59. The average Bonchev–Trinajstić information content (AvgIpc) is 2.68. The van der Waals surface area contributed by atoms with Crippen molar-refractivity contribution in [2.75, 3.05) is 0 Å².